The number of hydrogen-bond donors (Lipinski definition) is 0. The molecule has 0 aliphatic rings. The Kier molecular flexibility index (Phi) is 4.49. The molecule has 108 valence electrons. The smallest absolute Gasteiger partial charge is 0.232 e. The number of thiazole rings is 1. The number of nitrogens with zero attached hydrogens (tertiary/aromatic N) is 2. The topological polar surface area (TPSA) is 50.3 Å². The van der Waals surface area contributed by atoms with Gasteiger partial charge in [-0.15, -0.1) is 0 Å². The molecule has 20 heavy (non-hydrogen) atoms. The van der Waals surface area contributed by atoms with Crippen LogP contribution in [0.25, 0.3) is 0 Å². The monoisotopic (exact) mass is 330 g/mol. The van der Waals surface area contributed by atoms with Crippen LogP contribution in [0.2, 0.25) is 4.47 Å². The summed E-state index contributed by atoms with van der Waals surface area (Å²) >= 11 is 6.66. The third-order valence-corrected chi connectivity index (χ3v) is 6.37. The van der Waals surface area contributed by atoms with E-state index in [1.54, 1.807) is 7.05 Å². The zero-order valence-corrected chi connectivity index (χ0v) is 13.8. The molecule has 1 aromatic carbocycles. The summed E-state index contributed by atoms with van der Waals surface area (Å²) in [5.41, 5.74) is 3.22. The van der Waals surface area contributed by atoms with Gasteiger partial charge in [0.15, 0.2) is 8.68 Å². The Hall–Kier alpha value is -0.950. The van der Waals surface area contributed by atoms with Crippen LogP contribution in [0.4, 0.5) is 0 Å². The number of aromatic nitrogens is 1. The second-order valence-electron chi connectivity index (χ2n) is 4.62. The van der Waals surface area contributed by atoms with E-state index in [1.807, 2.05) is 32.0 Å². The normalized spacial score (nSPS) is 12.1. The quantitative estimate of drug-likeness (QED) is 0.864. The van der Waals surface area contributed by atoms with Gasteiger partial charge in [-0.1, -0.05) is 46.7 Å². The molecule has 0 fully saturated rings. The van der Waals surface area contributed by atoms with Crippen LogP contribution in [0, 0.1) is 13.8 Å². The van der Waals surface area contributed by atoms with Crippen molar-refractivity contribution < 1.29 is 8.42 Å². The summed E-state index contributed by atoms with van der Waals surface area (Å²) in [6.45, 7) is 4.31. The maximum absolute atomic E-state index is 12.4. The zero-order chi connectivity index (χ0) is 14.9. The van der Waals surface area contributed by atoms with Crippen LogP contribution >= 0.6 is 22.9 Å². The number of sulfonamides is 1. The predicted octanol–water partition coefficient (Wildman–Crippen LogP) is 3.23. The van der Waals surface area contributed by atoms with Gasteiger partial charge in [-0.25, -0.2) is 13.4 Å². The second kappa shape index (κ2) is 5.81. The number of aryl methyl sites for hydroxylation is 2. The molecule has 0 saturated carbocycles. The number of hydrogen-bond acceptors (Lipinski definition) is 4. The molecule has 0 unspecified atom stereocenters. The van der Waals surface area contributed by atoms with E-state index in [2.05, 4.69) is 4.98 Å². The van der Waals surface area contributed by atoms with Gasteiger partial charge in [0.1, 0.15) is 0 Å². The average molecular weight is 331 g/mol. The van der Waals surface area contributed by atoms with E-state index in [9.17, 15) is 8.42 Å². The predicted molar refractivity (Wildman–Crippen MR) is 81.7 cm³/mol. The maximum atomic E-state index is 12.4. The van der Waals surface area contributed by atoms with Crippen LogP contribution in [0.15, 0.2) is 28.6 Å². The zero-order valence-electron chi connectivity index (χ0n) is 11.4. The fraction of sp³-hybridized carbons (Fsp3) is 0.308. The summed E-state index contributed by atoms with van der Waals surface area (Å²) < 4.78 is 26.4. The molecule has 0 amide bonds. The highest BCUT2D eigenvalue weighted by atomic mass is 35.5. The molecule has 0 atom stereocenters. The van der Waals surface area contributed by atoms with Crippen molar-refractivity contribution in [1.82, 2.24) is 9.29 Å². The summed E-state index contributed by atoms with van der Waals surface area (Å²) in [5, 5.41) is 0. The molecule has 1 heterocycles. The molecule has 0 spiro atoms. The molecule has 1 aromatic heterocycles. The molecular formula is C13H15ClN2O2S2. The molecule has 0 saturated heterocycles. The molecule has 2 rings (SSSR count). The minimum absolute atomic E-state index is 0.162. The van der Waals surface area contributed by atoms with Gasteiger partial charge in [-0.2, -0.15) is 4.31 Å². The van der Waals surface area contributed by atoms with Gasteiger partial charge in [-0.3, -0.25) is 0 Å². The van der Waals surface area contributed by atoms with E-state index in [1.165, 1.54) is 10.5 Å². The van der Waals surface area contributed by atoms with Crippen LogP contribution in [0.5, 0.6) is 0 Å². The first-order chi connectivity index (χ1) is 9.30. The molecule has 0 radical (unpaired) electrons. The standard InChI is InChI=1S/C13H15ClN2O2S2/c1-9-4-5-11(10(2)6-9)8-16(3)20(17,18)12-7-15-13(14)19-12/h4-7H,8H2,1-3H3. The average Bonchev–Trinajstić information content (AvgIpc) is 2.80. The summed E-state index contributed by atoms with van der Waals surface area (Å²) in [6.07, 6.45) is 1.29. The van der Waals surface area contributed by atoms with Crippen LogP contribution < -0.4 is 0 Å². The minimum Gasteiger partial charge on any atom is -0.232 e. The number of halogens is 1. The van der Waals surface area contributed by atoms with Crippen molar-refractivity contribution in [1.29, 1.82) is 0 Å². The van der Waals surface area contributed by atoms with E-state index in [0.29, 0.717) is 6.54 Å². The molecule has 2 aromatic rings. The van der Waals surface area contributed by atoms with E-state index in [4.69, 9.17) is 11.6 Å². The molecular weight excluding hydrogens is 316 g/mol. The second-order valence-corrected chi connectivity index (χ2v) is 8.51. The molecule has 4 nitrogen and oxygen atoms in total. The number of rotatable bonds is 4. The highest BCUT2D eigenvalue weighted by Crippen LogP contribution is 2.26. The van der Waals surface area contributed by atoms with E-state index >= 15 is 0 Å². The Balaban J connectivity index is 2.25. The summed E-state index contributed by atoms with van der Waals surface area (Å²) in [5.74, 6) is 0. The molecule has 0 aliphatic carbocycles. The Bertz CT molecular complexity index is 726. The molecule has 7 heteroatoms. The summed E-state index contributed by atoms with van der Waals surface area (Å²) in [4.78, 5) is 3.78. The maximum Gasteiger partial charge on any atom is 0.254 e. The molecule has 0 aliphatic heterocycles. The van der Waals surface area contributed by atoms with Crippen molar-refractivity contribution in [3.8, 4) is 0 Å². The Morgan fingerprint density at radius 2 is 2.05 bits per heavy atom. The largest absolute Gasteiger partial charge is 0.254 e. The Morgan fingerprint density at radius 1 is 1.35 bits per heavy atom. The Labute approximate surface area is 128 Å². The third-order valence-electron chi connectivity index (χ3n) is 3.01. The van der Waals surface area contributed by atoms with E-state index in [-0.39, 0.29) is 8.68 Å². The van der Waals surface area contributed by atoms with E-state index < -0.39 is 10.0 Å². The lowest BCUT2D eigenvalue weighted by Crippen LogP contribution is -2.26. The van der Waals surface area contributed by atoms with Crippen LogP contribution in [0.3, 0.4) is 0 Å². The van der Waals surface area contributed by atoms with E-state index in [0.717, 1.165) is 28.0 Å². The lowest BCUT2D eigenvalue weighted by atomic mass is 10.1. The Morgan fingerprint density at radius 3 is 2.60 bits per heavy atom. The van der Waals surface area contributed by atoms with Gasteiger partial charge in [0, 0.05) is 13.6 Å². The van der Waals surface area contributed by atoms with Crippen LogP contribution in [-0.2, 0) is 16.6 Å². The van der Waals surface area contributed by atoms with Crippen molar-refractivity contribution >= 4 is 33.0 Å². The molecule has 0 bridgehead atoms. The van der Waals surface area contributed by atoms with Crippen molar-refractivity contribution in [2.45, 2.75) is 24.6 Å². The number of benzene rings is 1. The first-order valence-corrected chi connectivity index (χ1v) is 8.58. The highest BCUT2D eigenvalue weighted by Gasteiger charge is 2.23. The van der Waals surface area contributed by atoms with Gasteiger partial charge >= 0.3 is 0 Å². The summed E-state index contributed by atoms with van der Waals surface area (Å²) in [7, 11) is -1.98. The van der Waals surface area contributed by atoms with Crippen molar-refractivity contribution in [3.05, 3.63) is 45.6 Å². The van der Waals surface area contributed by atoms with Crippen LogP contribution in [-0.4, -0.2) is 24.8 Å². The van der Waals surface area contributed by atoms with Gasteiger partial charge in [0.2, 0.25) is 0 Å². The van der Waals surface area contributed by atoms with Crippen molar-refractivity contribution in [2.24, 2.45) is 0 Å². The van der Waals surface area contributed by atoms with Gasteiger partial charge in [-0.05, 0) is 25.0 Å². The minimum atomic E-state index is -3.54. The van der Waals surface area contributed by atoms with Crippen molar-refractivity contribution in [3.63, 3.8) is 0 Å². The lowest BCUT2D eigenvalue weighted by molar-refractivity contribution is 0.467. The highest BCUT2D eigenvalue weighted by molar-refractivity contribution is 7.91. The SMILES string of the molecule is Cc1ccc(CN(C)S(=O)(=O)c2cnc(Cl)s2)c(C)c1. The summed E-state index contributed by atoms with van der Waals surface area (Å²) in [6, 6.07) is 5.97. The van der Waals surface area contributed by atoms with Gasteiger partial charge < -0.3 is 0 Å². The molecule has 0 N–H and O–H groups in total. The first kappa shape index (κ1) is 15.4. The fourth-order valence-electron chi connectivity index (χ4n) is 1.86. The lowest BCUT2D eigenvalue weighted by Gasteiger charge is -2.17. The fourth-order valence-corrected chi connectivity index (χ4v) is 4.51. The van der Waals surface area contributed by atoms with Gasteiger partial charge in [0.05, 0.1) is 6.20 Å². The van der Waals surface area contributed by atoms with Gasteiger partial charge in [0.25, 0.3) is 10.0 Å². The third kappa shape index (κ3) is 3.20. The van der Waals surface area contributed by atoms with Crippen LogP contribution in [0.1, 0.15) is 16.7 Å². The van der Waals surface area contributed by atoms with Crippen molar-refractivity contribution in [2.75, 3.05) is 7.05 Å². The first-order valence-electron chi connectivity index (χ1n) is 5.94.